The Morgan fingerprint density at radius 3 is 2.42 bits per heavy atom. The van der Waals surface area contributed by atoms with Crippen molar-refractivity contribution in [2.24, 2.45) is 46.3 Å². The zero-order valence-corrected chi connectivity index (χ0v) is 23.6. The number of methoxy groups -OCH3 is 1. The molecule has 4 aliphatic rings. The van der Waals surface area contributed by atoms with Gasteiger partial charge in [-0.05, 0) is 103 Å². The van der Waals surface area contributed by atoms with Gasteiger partial charge in [0.25, 0.3) is 5.92 Å². The molecule has 38 heavy (non-hydrogen) atoms. The number of rotatable bonds is 7. The van der Waals surface area contributed by atoms with Gasteiger partial charge in [0.2, 0.25) is 0 Å². The number of ether oxygens (including phenoxy) is 1. The number of benzene rings is 1. The third-order valence-electron chi connectivity index (χ3n) is 12.1. The van der Waals surface area contributed by atoms with E-state index >= 15 is 8.78 Å². The van der Waals surface area contributed by atoms with Gasteiger partial charge in [0, 0.05) is 12.3 Å². The molecular formula is C32H48F2O4. The zero-order chi connectivity index (χ0) is 27.5. The van der Waals surface area contributed by atoms with Crippen LogP contribution < -0.4 is 4.74 Å². The quantitative estimate of drug-likeness (QED) is 0.361. The van der Waals surface area contributed by atoms with Crippen LogP contribution in [0.15, 0.2) is 24.3 Å². The SMILES string of the molecule is COc1cccc(C(O)CCC[C@@H](C)[C@H]2CC[C@H]3[C@H]4[C@H](CC[C@]23C)[C@@]2(C)CC[C@H](O)[C@H](O)[C@@H]2CC4(F)F)c1. The van der Waals surface area contributed by atoms with Crippen molar-refractivity contribution in [3.63, 3.8) is 0 Å². The molecule has 4 nitrogen and oxygen atoms in total. The lowest BCUT2D eigenvalue weighted by atomic mass is 9.43. The van der Waals surface area contributed by atoms with Crippen LogP contribution in [-0.2, 0) is 0 Å². The van der Waals surface area contributed by atoms with Crippen LogP contribution in [0.5, 0.6) is 5.75 Å². The maximum absolute atomic E-state index is 16.0. The van der Waals surface area contributed by atoms with E-state index in [0.29, 0.717) is 24.7 Å². The van der Waals surface area contributed by atoms with Crippen molar-refractivity contribution in [3.05, 3.63) is 29.8 Å². The van der Waals surface area contributed by atoms with Crippen LogP contribution in [-0.4, -0.2) is 40.6 Å². The summed E-state index contributed by atoms with van der Waals surface area (Å²) in [6.07, 6.45) is 4.68. The van der Waals surface area contributed by atoms with E-state index in [-0.39, 0.29) is 29.1 Å². The second-order valence-corrected chi connectivity index (χ2v) is 13.8. The van der Waals surface area contributed by atoms with E-state index in [1.807, 2.05) is 24.3 Å². The lowest BCUT2D eigenvalue weighted by Gasteiger charge is -2.63. The monoisotopic (exact) mass is 534 g/mol. The molecule has 1 unspecified atom stereocenters. The smallest absolute Gasteiger partial charge is 0.251 e. The summed E-state index contributed by atoms with van der Waals surface area (Å²) in [5, 5.41) is 31.7. The van der Waals surface area contributed by atoms with E-state index < -0.39 is 36.1 Å². The van der Waals surface area contributed by atoms with Crippen molar-refractivity contribution in [2.75, 3.05) is 7.11 Å². The minimum Gasteiger partial charge on any atom is -0.497 e. The summed E-state index contributed by atoms with van der Waals surface area (Å²) in [6.45, 7) is 6.71. The van der Waals surface area contributed by atoms with E-state index in [0.717, 1.165) is 56.3 Å². The fraction of sp³-hybridized carbons (Fsp3) is 0.812. The minimum atomic E-state index is -2.81. The second kappa shape index (κ2) is 10.3. The van der Waals surface area contributed by atoms with Gasteiger partial charge in [0.1, 0.15) is 5.75 Å². The summed E-state index contributed by atoms with van der Waals surface area (Å²) >= 11 is 0. The molecule has 0 spiro atoms. The highest BCUT2D eigenvalue weighted by molar-refractivity contribution is 5.29. The van der Waals surface area contributed by atoms with Gasteiger partial charge in [-0.3, -0.25) is 0 Å². The molecule has 0 radical (unpaired) electrons. The van der Waals surface area contributed by atoms with Gasteiger partial charge >= 0.3 is 0 Å². The summed E-state index contributed by atoms with van der Waals surface area (Å²) in [7, 11) is 1.63. The fourth-order valence-corrected chi connectivity index (χ4v) is 10.0. The van der Waals surface area contributed by atoms with Crippen LogP contribution in [0, 0.1) is 46.3 Å². The number of halogens is 2. The summed E-state index contributed by atoms with van der Waals surface area (Å²) in [5.41, 5.74) is 0.451. The van der Waals surface area contributed by atoms with Crippen molar-refractivity contribution in [1.82, 2.24) is 0 Å². The number of aliphatic hydroxyl groups is 3. The van der Waals surface area contributed by atoms with Crippen molar-refractivity contribution in [2.45, 2.75) is 109 Å². The number of hydrogen-bond acceptors (Lipinski definition) is 4. The maximum atomic E-state index is 16.0. The third kappa shape index (κ3) is 4.60. The molecule has 0 saturated heterocycles. The highest BCUT2D eigenvalue weighted by Crippen LogP contribution is 2.71. The van der Waals surface area contributed by atoms with Crippen LogP contribution in [0.2, 0.25) is 0 Å². The summed E-state index contributed by atoms with van der Waals surface area (Å²) in [5.74, 6) is -2.46. The first kappa shape index (κ1) is 28.3. The van der Waals surface area contributed by atoms with Gasteiger partial charge in [0.05, 0.1) is 25.4 Å². The molecule has 4 saturated carbocycles. The van der Waals surface area contributed by atoms with Gasteiger partial charge in [-0.1, -0.05) is 45.7 Å². The fourth-order valence-electron chi connectivity index (χ4n) is 10.0. The van der Waals surface area contributed by atoms with Gasteiger partial charge in [0.15, 0.2) is 0 Å². The highest BCUT2D eigenvalue weighted by atomic mass is 19.3. The molecule has 214 valence electrons. The molecule has 0 heterocycles. The molecule has 6 heteroatoms. The summed E-state index contributed by atoms with van der Waals surface area (Å²) < 4.78 is 37.3. The van der Waals surface area contributed by atoms with Crippen LogP contribution >= 0.6 is 0 Å². The van der Waals surface area contributed by atoms with E-state index in [1.54, 1.807) is 7.11 Å². The third-order valence-corrected chi connectivity index (χ3v) is 12.1. The lowest BCUT2D eigenvalue weighted by Crippen LogP contribution is -2.64. The van der Waals surface area contributed by atoms with E-state index in [4.69, 9.17) is 4.74 Å². The molecule has 0 amide bonds. The molecule has 0 bridgehead atoms. The number of hydrogen-bond donors (Lipinski definition) is 3. The number of aliphatic hydroxyl groups excluding tert-OH is 3. The van der Waals surface area contributed by atoms with Crippen molar-refractivity contribution >= 4 is 0 Å². The standard InChI is InChI=1S/C32H48F2O4/c1-19(7-5-10-26(35)20-8-6-9-21(17-20)38-4)22-11-12-23-28-24(13-15-30(22,23)2)31(3)16-14-27(36)29(37)25(31)18-32(28,33)34/h6,8-9,17,19,22-29,35-37H,5,7,10-16,18H2,1-4H3/t19-,22-,23+,24+,25+,26?,27+,28+,29-,30-,31-/m1/s1. The van der Waals surface area contributed by atoms with Crippen molar-refractivity contribution in [1.29, 1.82) is 0 Å². The largest absolute Gasteiger partial charge is 0.497 e. The topological polar surface area (TPSA) is 69.9 Å². The maximum Gasteiger partial charge on any atom is 0.251 e. The molecule has 4 fully saturated rings. The highest BCUT2D eigenvalue weighted by Gasteiger charge is 2.69. The predicted molar refractivity (Wildman–Crippen MR) is 144 cm³/mol. The number of fused-ring (bicyclic) bond motifs is 5. The Morgan fingerprint density at radius 2 is 1.68 bits per heavy atom. The molecular weight excluding hydrogens is 486 g/mol. The molecule has 4 aliphatic carbocycles. The van der Waals surface area contributed by atoms with Gasteiger partial charge in [-0.25, -0.2) is 8.78 Å². The number of alkyl halides is 2. The molecule has 3 N–H and O–H groups in total. The van der Waals surface area contributed by atoms with Crippen LogP contribution in [0.3, 0.4) is 0 Å². The average Bonchev–Trinajstić information content (AvgIpc) is 3.24. The molecule has 1 aromatic carbocycles. The van der Waals surface area contributed by atoms with Crippen molar-refractivity contribution < 1.29 is 28.8 Å². The Kier molecular flexibility index (Phi) is 7.67. The Labute approximate surface area is 227 Å². The second-order valence-electron chi connectivity index (χ2n) is 13.8. The van der Waals surface area contributed by atoms with Gasteiger partial charge < -0.3 is 20.1 Å². The predicted octanol–water partition coefficient (Wildman–Crippen LogP) is 6.77. The Balaban J connectivity index is 1.26. The van der Waals surface area contributed by atoms with E-state index in [2.05, 4.69) is 20.8 Å². The Hall–Kier alpha value is -1.24. The normalized spacial score (nSPS) is 43.4. The molecule has 5 rings (SSSR count). The zero-order valence-electron chi connectivity index (χ0n) is 23.6. The van der Waals surface area contributed by atoms with Crippen LogP contribution in [0.1, 0.15) is 96.6 Å². The first-order valence-electron chi connectivity index (χ1n) is 15.0. The molecule has 11 atom stereocenters. The lowest BCUT2D eigenvalue weighted by molar-refractivity contribution is -0.258. The Morgan fingerprint density at radius 1 is 0.974 bits per heavy atom. The van der Waals surface area contributed by atoms with Gasteiger partial charge in [-0.15, -0.1) is 0 Å². The molecule has 1 aromatic rings. The molecule has 0 aromatic heterocycles. The first-order valence-corrected chi connectivity index (χ1v) is 15.0. The summed E-state index contributed by atoms with van der Waals surface area (Å²) in [6, 6.07) is 7.59. The average molecular weight is 535 g/mol. The minimum absolute atomic E-state index is 0.00726. The van der Waals surface area contributed by atoms with Crippen molar-refractivity contribution in [3.8, 4) is 5.75 Å². The van der Waals surface area contributed by atoms with Gasteiger partial charge in [-0.2, -0.15) is 0 Å². The van der Waals surface area contributed by atoms with Crippen LogP contribution in [0.4, 0.5) is 8.78 Å². The van der Waals surface area contributed by atoms with Crippen LogP contribution in [0.25, 0.3) is 0 Å². The Bertz CT molecular complexity index is 986. The van der Waals surface area contributed by atoms with E-state index in [9.17, 15) is 15.3 Å². The molecule has 0 aliphatic heterocycles. The van der Waals surface area contributed by atoms with E-state index in [1.165, 1.54) is 0 Å². The summed E-state index contributed by atoms with van der Waals surface area (Å²) in [4.78, 5) is 0. The first-order chi connectivity index (χ1) is 17.9.